The third kappa shape index (κ3) is 2.94. The summed E-state index contributed by atoms with van der Waals surface area (Å²) in [5.74, 6) is 2.74. The van der Waals surface area contributed by atoms with E-state index in [2.05, 4.69) is 59.6 Å². The molecule has 8 heteroatoms. The predicted molar refractivity (Wildman–Crippen MR) is 97.6 cm³/mol. The highest BCUT2D eigenvalue weighted by atomic mass is 15.2. The number of fused-ring (bicyclic) bond motifs is 1. The highest BCUT2D eigenvalue weighted by Gasteiger charge is 2.13. The number of aromatic nitrogens is 8. The summed E-state index contributed by atoms with van der Waals surface area (Å²) in [4.78, 5) is 22.3. The maximum Gasteiger partial charge on any atom is 0.218 e. The molecule has 0 aliphatic heterocycles. The Kier molecular flexibility index (Phi) is 3.95. The Bertz CT molecular complexity index is 1080. The molecular weight excluding hydrogens is 328 g/mol. The van der Waals surface area contributed by atoms with Gasteiger partial charge in [0.1, 0.15) is 17.2 Å². The van der Waals surface area contributed by atoms with E-state index < -0.39 is 0 Å². The first-order valence-corrected chi connectivity index (χ1v) is 8.56. The Hall–Kier alpha value is -3.16. The Morgan fingerprint density at radius 3 is 2.62 bits per heavy atom. The highest BCUT2D eigenvalue weighted by Crippen LogP contribution is 2.21. The molecule has 26 heavy (non-hydrogen) atoms. The third-order valence-electron chi connectivity index (χ3n) is 4.20. The van der Waals surface area contributed by atoms with Crippen molar-refractivity contribution < 1.29 is 0 Å². The summed E-state index contributed by atoms with van der Waals surface area (Å²) in [6.07, 6.45) is 4.17. The molecule has 4 aromatic heterocycles. The summed E-state index contributed by atoms with van der Waals surface area (Å²) < 4.78 is 2.22. The molecule has 0 aliphatic rings. The number of rotatable bonds is 4. The van der Waals surface area contributed by atoms with Gasteiger partial charge in [0.2, 0.25) is 5.82 Å². The molecule has 4 aromatic rings. The molecule has 0 atom stereocenters. The van der Waals surface area contributed by atoms with E-state index in [4.69, 9.17) is 0 Å². The molecule has 0 aromatic carbocycles. The summed E-state index contributed by atoms with van der Waals surface area (Å²) in [7, 11) is 0. The first-order chi connectivity index (χ1) is 12.5. The monoisotopic (exact) mass is 348 g/mol. The number of aromatic amines is 1. The molecule has 0 fully saturated rings. The van der Waals surface area contributed by atoms with Gasteiger partial charge in [0.25, 0.3) is 0 Å². The van der Waals surface area contributed by atoms with Crippen molar-refractivity contribution in [3.8, 4) is 11.6 Å². The van der Waals surface area contributed by atoms with Crippen molar-refractivity contribution in [2.75, 3.05) is 0 Å². The van der Waals surface area contributed by atoms with Crippen molar-refractivity contribution >= 4 is 11.0 Å². The lowest BCUT2D eigenvalue weighted by molar-refractivity contribution is 0.600. The Labute approximate surface area is 150 Å². The summed E-state index contributed by atoms with van der Waals surface area (Å²) in [6, 6.07) is 4.32. The summed E-state index contributed by atoms with van der Waals surface area (Å²) in [5, 5.41) is 6.93. The quantitative estimate of drug-likeness (QED) is 0.609. The van der Waals surface area contributed by atoms with Crippen LogP contribution in [0.5, 0.6) is 0 Å². The number of nitrogens with zero attached hydrogens (tertiary/aromatic N) is 7. The van der Waals surface area contributed by atoms with Gasteiger partial charge in [-0.3, -0.25) is 10.1 Å². The van der Waals surface area contributed by atoms with Crippen molar-refractivity contribution in [2.45, 2.75) is 40.2 Å². The average Bonchev–Trinajstić information content (AvgIpc) is 3.17. The van der Waals surface area contributed by atoms with Gasteiger partial charge in [0.15, 0.2) is 5.82 Å². The van der Waals surface area contributed by atoms with Crippen LogP contribution in [0.1, 0.15) is 42.9 Å². The van der Waals surface area contributed by atoms with Gasteiger partial charge < -0.3 is 4.57 Å². The predicted octanol–water partition coefficient (Wildman–Crippen LogP) is 2.79. The molecule has 4 rings (SSSR count). The molecule has 0 aliphatic carbocycles. The van der Waals surface area contributed by atoms with E-state index in [0.717, 1.165) is 34.1 Å². The summed E-state index contributed by atoms with van der Waals surface area (Å²) >= 11 is 0. The van der Waals surface area contributed by atoms with E-state index in [1.54, 1.807) is 6.20 Å². The van der Waals surface area contributed by atoms with Crippen LogP contribution in [0.4, 0.5) is 0 Å². The maximum atomic E-state index is 4.59. The van der Waals surface area contributed by atoms with Crippen LogP contribution >= 0.6 is 0 Å². The number of nitrogens with one attached hydrogen (secondary N) is 1. The van der Waals surface area contributed by atoms with Gasteiger partial charge in [-0.05, 0) is 39.8 Å². The molecule has 0 saturated carbocycles. The van der Waals surface area contributed by atoms with Gasteiger partial charge in [0, 0.05) is 24.4 Å². The fourth-order valence-corrected chi connectivity index (χ4v) is 3.14. The summed E-state index contributed by atoms with van der Waals surface area (Å²) in [6.45, 7) is 8.18. The van der Waals surface area contributed by atoms with Crippen molar-refractivity contribution in [1.29, 1.82) is 0 Å². The zero-order chi connectivity index (χ0) is 18.3. The van der Waals surface area contributed by atoms with Crippen LogP contribution in [0.3, 0.4) is 0 Å². The topological polar surface area (TPSA) is 98.1 Å². The van der Waals surface area contributed by atoms with Gasteiger partial charge in [-0.1, -0.05) is 0 Å². The lowest BCUT2D eigenvalue weighted by Crippen LogP contribution is -2.03. The molecule has 0 radical (unpaired) electrons. The number of pyridine rings is 1. The molecule has 0 bridgehead atoms. The van der Waals surface area contributed by atoms with Crippen molar-refractivity contribution in [3.05, 3.63) is 47.6 Å². The average molecular weight is 348 g/mol. The van der Waals surface area contributed by atoms with Crippen LogP contribution in [-0.4, -0.2) is 39.7 Å². The molecule has 0 amide bonds. The molecule has 0 spiro atoms. The van der Waals surface area contributed by atoms with Gasteiger partial charge in [-0.15, -0.1) is 5.10 Å². The van der Waals surface area contributed by atoms with E-state index in [1.165, 1.54) is 0 Å². The number of H-pyrrole nitrogens is 1. The SMILES string of the molecule is Cc1nc(-c2nccc(Cc3cc4c(cn3)nc(C)n4C(C)C)n2)n[nH]1. The van der Waals surface area contributed by atoms with E-state index in [-0.39, 0.29) is 0 Å². The third-order valence-corrected chi connectivity index (χ3v) is 4.20. The minimum Gasteiger partial charge on any atom is -0.326 e. The van der Waals surface area contributed by atoms with Crippen LogP contribution in [0, 0.1) is 13.8 Å². The fraction of sp³-hybridized carbons (Fsp3) is 0.333. The number of aryl methyl sites for hydroxylation is 2. The smallest absolute Gasteiger partial charge is 0.218 e. The van der Waals surface area contributed by atoms with Crippen molar-refractivity contribution in [1.82, 2.24) is 39.7 Å². The van der Waals surface area contributed by atoms with Crippen LogP contribution in [0.2, 0.25) is 0 Å². The van der Waals surface area contributed by atoms with Crippen molar-refractivity contribution in [2.24, 2.45) is 0 Å². The second-order valence-electron chi connectivity index (χ2n) is 6.58. The minimum atomic E-state index is 0.342. The van der Waals surface area contributed by atoms with Gasteiger partial charge in [-0.2, -0.15) is 0 Å². The zero-order valence-corrected chi connectivity index (χ0v) is 15.2. The second kappa shape index (κ2) is 6.29. The molecular formula is C18H20N8. The number of imidazole rings is 1. The lowest BCUT2D eigenvalue weighted by atomic mass is 10.2. The molecule has 0 unspecified atom stereocenters. The summed E-state index contributed by atoms with van der Waals surface area (Å²) in [5.41, 5.74) is 3.83. The minimum absolute atomic E-state index is 0.342. The van der Waals surface area contributed by atoms with Gasteiger partial charge >= 0.3 is 0 Å². The Morgan fingerprint density at radius 1 is 1.04 bits per heavy atom. The number of hydrogen-bond acceptors (Lipinski definition) is 6. The van der Waals surface area contributed by atoms with E-state index >= 15 is 0 Å². The maximum absolute atomic E-state index is 4.59. The zero-order valence-electron chi connectivity index (χ0n) is 15.2. The van der Waals surface area contributed by atoms with Crippen LogP contribution < -0.4 is 0 Å². The fourth-order valence-electron chi connectivity index (χ4n) is 3.14. The van der Waals surface area contributed by atoms with E-state index in [0.29, 0.717) is 24.1 Å². The highest BCUT2D eigenvalue weighted by molar-refractivity contribution is 5.75. The molecule has 0 saturated heterocycles. The van der Waals surface area contributed by atoms with Crippen molar-refractivity contribution in [3.63, 3.8) is 0 Å². The van der Waals surface area contributed by atoms with E-state index in [9.17, 15) is 0 Å². The molecule has 4 heterocycles. The lowest BCUT2D eigenvalue weighted by Gasteiger charge is -2.11. The van der Waals surface area contributed by atoms with E-state index in [1.807, 2.05) is 26.1 Å². The standard InChI is InChI=1S/C18H20N8/c1-10(2)26-12(4)22-15-9-20-14(8-16(15)26)7-13-5-6-19-17(23-13)18-21-11(3)24-25-18/h5-6,8-10H,7H2,1-4H3,(H,21,24,25). The normalized spacial score (nSPS) is 11.6. The van der Waals surface area contributed by atoms with Gasteiger partial charge in [0.05, 0.1) is 17.4 Å². The Balaban J connectivity index is 1.68. The molecule has 132 valence electrons. The van der Waals surface area contributed by atoms with Crippen LogP contribution in [-0.2, 0) is 6.42 Å². The first-order valence-electron chi connectivity index (χ1n) is 8.56. The molecule has 8 nitrogen and oxygen atoms in total. The Morgan fingerprint density at radius 2 is 1.88 bits per heavy atom. The largest absolute Gasteiger partial charge is 0.326 e. The molecule has 1 N–H and O–H groups in total. The van der Waals surface area contributed by atoms with Crippen LogP contribution in [0.25, 0.3) is 22.7 Å². The first kappa shape index (κ1) is 16.3. The van der Waals surface area contributed by atoms with Gasteiger partial charge in [-0.25, -0.2) is 19.9 Å². The second-order valence-corrected chi connectivity index (χ2v) is 6.58. The number of hydrogen-bond donors (Lipinski definition) is 1. The van der Waals surface area contributed by atoms with Crippen LogP contribution in [0.15, 0.2) is 24.5 Å².